The van der Waals surface area contributed by atoms with E-state index in [4.69, 9.17) is 14.6 Å². The third-order valence-electron chi connectivity index (χ3n) is 4.60. The predicted molar refractivity (Wildman–Crippen MR) is 103 cm³/mol. The molecule has 0 spiro atoms. The quantitative estimate of drug-likeness (QED) is 0.352. The van der Waals surface area contributed by atoms with Crippen LogP contribution in [0.3, 0.4) is 0 Å². The van der Waals surface area contributed by atoms with Gasteiger partial charge in [0.15, 0.2) is 0 Å². The second-order valence-electron chi connectivity index (χ2n) is 6.65. The van der Waals surface area contributed by atoms with Gasteiger partial charge in [-0.3, -0.25) is 4.79 Å². The van der Waals surface area contributed by atoms with Crippen molar-refractivity contribution in [3.63, 3.8) is 0 Å². The summed E-state index contributed by atoms with van der Waals surface area (Å²) in [5.41, 5.74) is 1.35. The topological polar surface area (TPSA) is 166 Å². The minimum atomic E-state index is -1.62. The summed E-state index contributed by atoms with van der Waals surface area (Å²) in [5.74, 6) is -2.55. The Balaban J connectivity index is 1.86. The lowest BCUT2D eigenvalue weighted by Crippen LogP contribution is -2.60. The molecule has 0 bridgehead atoms. The third-order valence-corrected chi connectivity index (χ3v) is 4.60. The fourth-order valence-corrected chi connectivity index (χ4v) is 3.05. The molecule has 0 aliphatic carbocycles. The van der Waals surface area contributed by atoms with E-state index < -0.39 is 49.2 Å². The van der Waals surface area contributed by atoms with Crippen molar-refractivity contribution in [2.24, 2.45) is 0 Å². The SMILES string of the molecule is O=C(O)C(=O)Nc1cccc(-c2ccccc2O[C@H]2O[C@H](CO)[C@@H](O)[C@@H](O)[C@@H]2O)c1. The van der Waals surface area contributed by atoms with E-state index in [2.05, 4.69) is 5.32 Å². The molecule has 5 atom stereocenters. The molecule has 1 aliphatic rings. The van der Waals surface area contributed by atoms with Gasteiger partial charge in [-0.1, -0.05) is 30.3 Å². The Morgan fingerprint density at radius 1 is 1.00 bits per heavy atom. The lowest BCUT2D eigenvalue weighted by atomic mass is 9.99. The fraction of sp³-hybridized carbons (Fsp3) is 0.300. The minimum Gasteiger partial charge on any atom is -0.474 e. The number of benzene rings is 2. The molecule has 1 saturated heterocycles. The summed E-state index contributed by atoms with van der Waals surface area (Å²) >= 11 is 0. The molecule has 30 heavy (non-hydrogen) atoms. The Morgan fingerprint density at radius 2 is 1.73 bits per heavy atom. The van der Waals surface area contributed by atoms with Gasteiger partial charge in [0.05, 0.1) is 6.61 Å². The van der Waals surface area contributed by atoms with Crippen LogP contribution in [0, 0.1) is 0 Å². The van der Waals surface area contributed by atoms with Crippen LogP contribution in [0.25, 0.3) is 11.1 Å². The van der Waals surface area contributed by atoms with Gasteiger partial charge in [0.1, 0.15) is 30.2 Å². The summed E-state index contributed by atoms with van der Waals surface area (Å²) in [6.45, 7) is -0.586. The van der Waals surface area contributed by atoms with Crippen molar-refractivity contribution in [3.8, 4) is 16.9 Å². The number of carbonyl (C=O) groups is 2. The Bertz CT molecular complexity index is 917. The molecule has 1 amide bonds. The maximum Gasteiger partial charge on any atom is 0.394 e. The highest BCUT2D eigenvalue weighted by Crippen LogP contribution is 2.33. The first-order valence-electron chi connectivity index (χ1n) is 9.02. The molecule has 1 heterocycles. The van der Waals surface area contributed by atoms with E-state index in [1.54, 1.807) is 36.4 Å². The number of carbonyl (C=O) groups excluding carboxylic acids is 1. The van der Waals surface area contributed by atoms with Gasteiger partial charge < -0.3 is 40.3 Å². The van der Waals surface area contributed by atoms with E-state index in [1.165, 1.54) is 12.1 Å². The van der Waals surface area contributed by atoms with E-state index in [1.807, 2.05) is 0 Å². The summed E-state index contributed by atoms with van der Waals surface area (Å²) in [4.78, 5) is 22.1. The fourth-order valence-electron chi connectivity index (χ4n) is 3.05. The first-order chi connectivity index (χ1) is 14.3. The van der Waals surface area contributed by atoms with Gasteiger partial charge in [0.2, 0.25) is 6.29 Å². The molecular weight excluding hydrogens is 398 g/mol. The lowest BCUT2D eigenvalue weighted by Gasteiger charge is -2.39. The molecule has 0 saturated carbocycles. The molecular formula is C20H21NO9. The van der Waals surface area contributed by atoms with Crippen LogP contribution < -0.4 is 10.1 Å². The van der Waals surface area contributed by atoms with Gasteiger partial charge in [-0.05, 0) is 23.8 Å². The normalized spacial score (nSPS) is 26.1. The number of para-hydroxylation sites is 1. The number of rotatable bonds is 5. The summed E-state index contributed by atoms with van der Waals surface area (Å²) in [6, 6.07) is 13.0. The van der Waals surface area contributed by atoms with E-state index in [0.29, 0.717) is 11.1 Å². The van der Waals surface area contributed by atoms with E-state index in [-0.39, 0.29) is 11.4 Å². The number of carboxylic acids is 1. The molecule has 6 N–H and O–H groups in total. The highest BCUT2D eigenvalue weighted by Gasteiger charge is 2.44. The number of carboxylic acid groups (broad SMARTS) is 1. The standard InChI is InChI=1S/C20H21NO9/c22-9-14-15(23)16(24)17(25)20(30-14)29-13-7-2-1-6-12(13)10-4-3-5-11(8-10)21-18(26)19(27)28/h1-8,14-17,20,22-25H,9H2,(H,21,26)(H,27,28)/t14-,15-,16-,17+,20+/m1/s1. The Labute approximate surface area is 170 Å². The number of aliphatic carboxylic acids is 1. The zero-order valence-corrected chi connectivity index (χ0v) is 15.6. The number of aliphatic hydroxyl groups is 4. The van der Waals surface area contributed by atoms with Crippen molar-refractivity contribution in [1.29, 1.82) is 0 Å². The number of ether oxygens (including phenoxy) is 2. The van der Waals surface area contributed by atoms with Crippen molar-refractivity contribution in [2.45, 2.75) is 30.7 Å². The monoisotopic (exact) mass is 419 g/mol. The number of hydrogen-bond acceptors (Lipinski definition) is 8. The molecule has 1 fully saturated rings. The van der Waals surface area contributed by atoms with Crippen LogP contribution >= 0.6 is 0 Å². The second-order valence-corrected chi connectivity index (χ2v) is 6.65. The Morgan fingerprint density at radius 3 is 2.43 bits per heavy atom. The van der Waals surface area contributed by atoms with Gasteiger partial charge >= 0.3 is 11.9 Å². The molecule has 3 rings (SSSR count). The molecule has 0 aromatic heterocycles. The summed E-state index contributed by atoms with van der Waals surface area (Å²) in [6.07, 6.45) is -7.14. The van der Waals surface area contributed by atoms with Crippen molar-refractivity contribution in [2.75, 3.05) is 11.9 Å². The first-order valence-corrected chi connectivity index (χ1v) is 9.02. The minimum absolute atomic E-state index is 0.252. The van der Waals surface area contributed by atoms with Crippen LogP contribution in [0.1, 0.15) is 0 Å². The molecule has 10 nitrogen and oxygen atoms in total. The molecule has 2 aromatic rings. The van der Waals surface area contributed by atoms with Gasteiger partial charge in [0, 0.05) is 11.3 Å². The molecule has 0 unspecified atom stereocenters. The number of nitrogens with one attached hydrogen (secondary N) is 1. The van der Waals surface area contributed by atoms with Crippen molar-refractivity contribution < 1.29 is 44.6 Å². The van der Waals surface area contributed by atoms with E-state index in [0.717, 1.165) is 0 Å². The number of anilines is 1. The van der Waals surface area contributed by atoms with Crippen molar-refractivity contribution >= 4 is 17.6 Å². The lowest BCUT2D eigenvalue weighted by molar-refractivity contribution is -0.277. The van der Waals surface area contributed by atoms with Crippen LogP contribution in [-0.4, -0.2) is 74.7 Å². The second kappa shape index (κ2) is 9.20. The Kier molecular flexibility index (Phi) is 6.65. The maximum absolute atomic E-state index is 11.4. The van der Waals surface area contributed by atoms with Crippen LogP contribution in [0.5, 0.6) is 5.75 Å². The molecule has 1 aliphatic heterocycles. The highest BCUT2D eigenvalue weighted by molar-refractivity contribution is 6.36. The Hall–Kier alpha value is -3.02. The smallest absolute Gasteiger partial charge is 0.394 e. The zero-order valence-electron chi connectivity index (χ0n) is 15.6. The molecule has 160 valence electrons. The summed E-state index contributed by atoms with van der Waals surface area (Å²) in [5, 5.41) is 50.3. The molecule has 10 heteroatoms. The van der Waals surface area contributed by atoms with Crippen LogP contribution in [0.2, 0.25) is 0 Å². The summed E-state index contributed by atoms with van der Waals surface area (Å²) in [7, 11) is 0. The molecule has 0 radical (unpaired) electrons. The molecule has 2 aromatic carbocycles. The van der Waals surface area contributed by atoms with Crippen LogP contribution in [0.15, 0.2) is 48.5 Å². The van der Waals surface area contributed by atoms with Gasteiger partial charge in [-0.25, -0.2) is 4.79 Å². The maximum atomic E-state index is 11.4. The van der Waals surface area contributed by atoms with E-state index in [9.17, 15) is 30.0 Å². The van der Waals surface area contributed by atoms with Gasteiger partial charge in [-0.2, -0.15) is 0 Å². The zero-order chi connectivity index (χ0) is 21.8. The van der Waals surface area contributed by atoms with Gasteiger partial charge in [-0.15, -0.1) is 0 Å². The predicted octanol–water partition coefficient (Wildman–Crippen LogP) is -0.445. The van der Waals surface area contributed by atoms with Crippen LogP contribution in [0.4, 0.5) is 5.69 Å². The first kappa shape index (κ1) is 21.7. The average molecular weight is 419 g/mol. The van der Waals surface area contributed by atoms with Crippen molar-refractivity contribution in [1.82, 2.24) is 0 Å². The highest BCUT2D eigenvalue weighted by atomic mass is 16.7. The van der Waals surface area contributed by atoms with E-state index >= 15 is 0 Å². The largest absolute Gasteiger partial charge is 0.474 e. The number of aliphatic hydroxyl groups excluding tert-OH is 4. The third kappa shape index (κ3) is 4.58. The van der Waals surface area contributed by atoms with Crippen LogP contribution in [-0.2, 0) is 14.3 Å². The number of amides is 1. The number of hydrogen-bond donors (Lipinski definition) is 6. The van der Waals surface area contributed by atoms with Crippen molar-refractivity contribution in [3.05, 3.63) is 48.5 Å². The summed E-state index contributed by atoms with van der Waals surface area (Å²) < 4.78 is 11.1. The average Bonchev–Trinajstić information content (AvgIpc) is 2.74. The van der Waals surface area contributed by atoms with Gasteiger partial charge in [0.25, 0.3) is 0 Å².